The molecule has 0 amide bonds. The smallest absolute Gasteiger partial charge is 0.345 e. The first-order valence-electron chi connectivity index (χ1n) is 3.88. The van der Waals surface area contributed by atoms with E-state index in [1.165, 1.54) is 0 Å². The van der Waals surface area contributed by atoms with Gasteiger partial charge in [-0.25, -0.2) is 4.57 Å². The van der Waals surface area contributed by atoms with Gasteiger partial charge in [-0.3, -0.25) is 0 Å². The van der Waals surface area contributed by atoms with Crippen molar-refractivity contribution in [2.75, 3.05) is 0 Å². The van der Waals surface area contributed by atoms with Gasteiger partial charge in [-0.15, -0.1) is 0 Å². The molecule has 90 valence electrons. The summed E-state index contributed by atoms with van der Waals surface area (Å²) in [5.41, 5.74) is 0.469. The van der Waals surface area contributed by atoms with Crippen LogP contribution in [0.25, 0.3) is 0 Å². The Morgan fingerprint density at radius 2 is 1.50 bits per heavy atom. The van der Waals surface area contributed by atoms with Crippen LogP contribution in [0.4, 0.5) is 0 Å². The van der Waals surface area contributed by atoms with E-state index < -0.39 is 21.7 Å². The van der Waals surface area contributed by atoms with E-state index in [0.29, 0.717) is 5.56 Å². The third-order valence-corrected chi connectivity index (χ3v) is 2.02. The van der Waals surface area contributed by atoms with E-state index in [9.17, 15) is 4.57 Å². The summed E-state index contributed by atoms with van der Waals surface area (Å²) in [5.74, 6) is -1.26. The van der Waals surface area contributed by atoms with Gasteiger partial charge in [0.2, 0.25) is 0 Å². The van der Waals surface area contributed by atoms with Crippen molar-refractivity contribution in [1.82, 2.24) is 0 Å². The summed E-state index contributed by atoms with van der Waals surface area (Å²) in [6, 6.07) is 8.40. The van der Waals surface area contributed by atoms with Gasteiger partial charge < -0.3 is 19.8 Å². The highest BCUT2D eigenvalue weighted by Gasteiger charge is 2.27. The zero-order valence-electron chi connectivity index (χ0n) is 7.91. The predicted octanol–water partition coefficient (Wildman–Crippen LogP) is 0.484. The standard InChI is InChI=1S/C7H7O3P.H3O4P/c8-7(11(9)10)6-4-2-1-3-5-6;1-5(2,3)4/h1-5,7-8H;(H3,1,2,3,4)/p+1. The summed E-state index contributed by atoms with van der Waals surface area (Å²) in [6.07, 6.45) is 0. The van der Waals surface area contributed by atoms with Crippen LogP contribution in [0.15, 0.2) is 30.3 Å². The fourth-order valence-corrected chi connectivity index (χ4v) is 1.18. The minimum Gasteiger partial charge on any atom is -0.345 e. The molecule has 0 saturated heterocycles. The van der Waals surface area contributed by atoms with Crippen LogP contribution in [0, 0.1) is 0 Å². The van der Waals surface area contributed by atoms with Gasteiger partial charge >= 0.3 is 21.7 Å². The van der Waals surface area contributed by atoms with Crippen LogP contribution < -0.4 is 0 Å². The molecule has 0 aliphatic carbocycles. The predicted molar refractivity (Wildman–Crippen MR) is 55.5 cm³/mol. The molecule has 9 heteroatoms. The lowest BCUT2D eigenvalue weighted by Crippen LogP contribution is -1.89. The third kappa shape index (κ3) is 8.64. The van der Waals surface area contributed by atoms with Gasteiger partial charge in [-0.2, -0.15) is 4.89 Å². The number of aliphatic hydroxyl groups excluding tert-OH is 1. The number of benzene rings is 1. The van der Waals surface area contributed by atoms with Crippen molar-refractivity contribution in [2.45, 2.75) is 5.85 Å². The first-order chi connectivity index (χ1) is 7.22. The minimum atomic E-state index is -4.64. The fourth-order valence-electron chi connectivity index (χ4n) is 0.753. The Hall–Kier alpha value is -0.650. The lowest BCUT2D eigenvalue weighted by Gasteiger charge is -1.94. The average Bonchev–Trinajstić information content (AvgIpc) is 2.15. The largest absolute Gasteiger partial charge is 0.542 e. The Morgan fingerprint density at radius 3 is 1.81 bits per heavy atom. The highest BCUT2D eigenvalue weighted by Crippen LogP contribution is 2.34. The summed E-state index contributed by atoms with van der Waals surface area (Å²) >= 11 is 0. The molecule has 0 aromatic heterocycles. The Morgan fingerprint density at radius 1 is 1.12 bits per heavy atom. The van der Waals surface area contributed by atoms with Gasteiger partial charge in [0.1, 0.15) is 0 Å². The minimum absolute atomic E-state index is 0.469. The van der Waals surface area contributed by atoms with E-state index in [4.69, 9.17) is 29.2 Å². The first-order valence-corrected chi connectivity index (χ1v) is 6.73. The molecule has 5 N–H and O–H groups in total. The summed E-state index contributed by atoms with van der Waals surface area (Å²) in [5, 5.41) is 9.06. The highest BCUT2D eigenvalue weighted by atomic mass is 31.2. The van der Waals surface area contributed by atoms with Crippen molar-refractivity contribution >= 4 is 15.9 Å². The summed E-state index contributed by atoms with van der Waals surface area (Å²) in [6.45, 7) is 0. The van der Waals surface area contributed by atoms with E-state index in [0.717, 1.165) is 0 Å². The Labute approximate surface area is 92.1 Å². The molecule has 0 aliphatic heterocycles. The van der Waals surface area contributed by atoms with Crippen molar-refractivity contribution in [2.24, 2.45) is 0 Å². The monoisotopic (exact) mass is 269 g/mol. The van der Waals surface area contributed by atoms with E-state index in [2.05, 4.69) is 0 Å². The van der Waals surface area contributed by atoms with Gasteiger partial charge in [0.15, 0.2) is 0 Å². The second-order valence-electron chi connectivity index (χ2n) is 2.60. The van der Waals surface area contributed by atoms with Crippen LogP contribution in [0.5, 0.6) is 0 Å². The van der Waals surface area contributed by atoms with Crippen molar-refractivity contribution in [3.8, 4) is 0 Å². The van der Waals surface area contributed by atoms with E-state index in [1.807, 2.05) is 0 Å². The lowest BCUT2D eigenvalue weighted by molar-refractivity contribution is 0.243. The maximum Gasteiger partial charge on any atom is 0.542 e. The van der Waals surface area contributed by atoms with Crippen molar-refractivity contribution in [3.63, 3.8) is 0 Å². The molecule has 0 aliphatic rings. The Bertz CT molecular complexity index is 365. The Balaban J connectivity index is 0.000000385. The second-order valence-corrected chi connectivity index (χ2v) is 4.72. The van der Waals surface area contributed by atoms with Gasteiger partial charge in [0, 0.05) is 5.56 Å². The van der Waals surface area contributed by atoms with E-state index >= 15 is 0 Å². The number of rotatable bonds is 2. The number of hydrogen-bond acceptors (Lipinski definition) is 3. The number of phosphoric acid groups is 1. The van der Waals surface area contributed by atoms with Gasteiger partial charge in [-0.05, 0) is 4.57 Å². The maximum absolute atomic E-state index is 10.4. The molecule has 2 atom stereocenters. The second kappa shape index (κ2) is 6.83. The van der Waals surface area contributed by atoms with Crippen molar-refractivity contribution in [1.29, 1.82) is 0 Å². The molecule has 1 aromatic carbocycles. The lowest BCUT2D eigenvalue weighted by atomic mass is 10.2. The molecule has 2 unspecified atom stereocenters. The molecule has 0 fully saturated rings. The van der Waals surface area contributed by atoms with Crippen LogP contribution in [0.3, 0.4) is 0 Å². The molecule has 1 aromatic rings. The van der Waals surface area contributed by atoms with E-state index in [1.54, 1.807) is 30.3 Å². The maximum atomic E-state index is 10.4. The van der Waals surface area contributed by atoms with Crippen molar-refractivity contribution in [3.05, 3.63) is 35.9 Å². The van der Waals surface area contributed by atoms with Crippen LogP contribution >= 0.6 is 15.9 Å². The highest BCUT2D eigenvalue weighted by molar-refractivity contribution is 7.45. The Kier molecular flexibility index (Phi) is 6.55. The molecule has 16 heavy (non-hydrogen) atoms. The molecule has 1 rings (SSSR count). The number of aliphatic hydroxyl groups is 1. The topological polar surface area (TPSA) is 135 Å². The molecular formula is C7H11O7P2+. The zero-order valence-corrected chi connectivity index (χ0v) is 9.70. The SMILES string of the molecule is O=P(O)(O)O.O=[P+](O)C(O)c1ccccc1. The van der Waals surface area contributed by atoms with Gasteiger partial charge in [-0.1, -0.05) is 30.3 Å². The quantitative estimate of drug-likeness (QED) is 0.493. The normalized spacial score (nSPS) is 13.4. The third-order valence-electron chi connectivity index (χ3n) is 1.31. The van der Waals surface area contributed by atoms with Crippen LogP contribution in [0.2, 0.25) is 0 Å². The molecule has 0 saturated carbocycles. The summed E-state index contributed by atoms with van der Waals surface area (Å²) in [7, 11) is -7.17. The zero-order chi connectivity index (χ0) is 12.8. The molecule has 0 spiro atoms. The molecule has 0 heterocycles. The first kappa shape index (κ1) is 15.3. The molecule has 7 nitrogen and oxygen atoms in total. The van der Waals surface area contributed by atoms with E-state index in [-0.39, 0.29) is 0 Å². The molecule has 0 radical (unpaired) electrons. The van der Waals surface area contributed by atoms with Crippen LogP contribution in [0.1, 0.15) is 11.4 Å². The molecule has 0 bridgehead atoms. The van der Waals surface area contributed by atoms with Crippen LogP contribution in [-0.2, 0) is 9.13 Å². The van der Waals surface area contributed by atoms with Gasteiger partial charge in [0.25, 0.3) is 0 Å². The van der Waals surface area contributed by atoms with Gasteiger partial charge in [0.05, 0.1) is 0 Å². The van der Waals surface area contributed by atoms with Crippen LogP contribution in [-0.4, -0.2) is 24.7 Å². The summed E-state index contributed by atoms with van der Waals surface area (Å²) in [4.78, 5) is 30.1. The fraction of sp³-hybridized carbons (Fsp3) is 0.143. The average molecular weight is 269 g/mol. The number of hydrogen-bond donors (Lipinski definition) is 5. The van der Waals surface area contributed by atoms with Crippen molar-refractivity contribution < 1.29 is 33.8 Å². The molecular weight excluding hydrogens is 258 g/mol. The summed E-state index contributed by atoms with van der Waals surface area (Å²) < 4.78 is 19.3.